The van der Waals surface area contributed by atoms with E-state index in [2.05, 4.69) is 71.5 Å². The van der Waals surface area contributed by atoms with E-state index in [9.17, 15) is 14.4 Å². The first-order chi connectivity index (χ1) is 27.2. The number of amides is 3. The lowest BCUT2D eigenvalue weighted by atomic mass is 9.91. The molecule has 10 nitrogen and oxygen atoms in total. The number of carbonyl (C=O) groups is 3. The van der Waals surface area contributed by atoms with Crippen molar-refractivity contribution >= 4 is 40.5 Å². The predicted molar refractivity (Wildman–Crippen MR) is 222 cm³/mol. The highest BCUT2D eigenvalue weighted by atomic mass is 16.2. The van der Waals surface area contributed by atoms with Gasteiger partial charge in [0.25, 0.3) is 5.91 Å². The fourth-order valence-electron chi connectivity index (χ4n) is 8.86. The zero-order valence-electron chi connectivity index (χ0n) is 32.7. The molecule has 4 aromatic carbocycles. The maximum atomic E-state index is 13.7. The van der Waals surface area contributed by atoms with Crippen LogP contribution in [0.15, 0.2) is 103 Å². The van der Waals surface area contributed by atoms with Crippen LogP contribution in [0.1, 0.15) is 104 Å². The molecule has 0 fully saturated rings. The van der Waals surface area contributed by atoms with Crippen LogP contribution < -0.4 is 20.4 Å². The maximum absolute atomic E-state index is 13.7. The van der Waals surface area contributed by atoms with Gasteiger partial charge < -0.3 is 29.9 Å². The molecular formula is C46H51N7O3. The smallest absolute Gasteiger partial charge is 0.254 e. The van der Waals surface area contributed by atoms with Crippen molar-refractivity contribution in [2.45, 2.75) is 97.1 Å². The van der Waals surface area contributed by atoms with Crippen molar-refractivity contribution in [3.63, 3.8) is 0 Å². The summed E-state index contributed by atoms with van der Waals surface area (Å²) in [5.41, 5.74) is 9.21. The van der Waals surface area contributed by atoms with Crippen molar-refractivity contribution in [1.82, 2.24) is 14.5 Å². The summed E-state index contributed by atoms with van der Waals surface area (Å²) in [7, 11) is 0. The zero-order valence-corrected chi connectivity index (χ0v) is 32.7. The van der Waals surface area contributed by atoms with Gasteiger partial charge in [0.2, 0.25) is 11.8 Å². The van der Waals surface area contributed by atoms with Crippen molar-refractivity contribution < 1.29 is 14.4 Å². The SMILES string of the molecule is CCC(=O)N1c2ccccc2[C@H](Nc2ccc(Cc3cnc4n3CCN(C(=O)c3ccc(N[C@@H]5C[C@H](C)N(C(=O)CC)c6ccccc65)cc3)C4)cc2)C[C@@H]1C. The molecule has 8 rings (SSSR count). The number of benzene rings is 4. The zero-order chi connectivity index (χ0) is 38.9. The number of carbonyl (C=O) groups excluding carboxylic acids is 3. The van der Waals surface area contributed by atoms with E-state index in [1.165, 1.54) is 5.56 Å². The molecule has 3 aliphatic rings. The predicted octanol–water partition coefficient (Wildman–Crippen LogP) is 8.51. The minimum absolute atomic E-state index is 0.000414. The molecule has 4 atom stereocenters. The standard InChI is InChI=1S/C46H51N7O3/c1-5-44(54)52-30(3)25-39(37-11-7-9-13-41(37)52)48-34-19-15-32(16-20-34)27-36-28-47-43-29-50(23-24-51(36)43)46(56)33-17-21-35(22-18-33)49-40-26-31(4)53(45(55)6-2)42-14-10-8-12-38(40)42/h7-22,28,30-31,39-40,48-49H,5-6,23-27,29H2,1-4H3/t30-,31-,39+,40+/m0/s1. The molecule has 1 aromatic heterocycles. The highest BCUT2D eigenvalue weighted by Crippen LogP contribution is 2.40. The largest absolute Gasteiger partial charge is 0.378 e. The van der Waals surface area contributed by atoms with Crippen LogP contribution in [0.4, 0.5) is 22.7 Å². The lowest BCUT2D eigenvalue weighted by Gasteiger charge is -2.40. The van der Waals surface area contributed by atoms with Crippen LogP contribution in [0.25, 0.3) is 0 Å². The number of anilines is 4. The number of imidazole rings is 1. The van der Waals surface area contributed by atoms with Crippen molar-refractivity contribution in [3.8, 4) is 0 Å². The second kappa shape index (κ2) is 15.7. The summed E-state index contributed by atoms with van der Waals surface area (Å²) >= 11 is 0. The van der Waals surface area contributed by atoms with Crippen molar-refractivity contribution in [3.05, 3.63) is 137 Å². The Hall–Kier alpha value is -5.90. The van der Waals surface area contributed by atoms with Gasteiger partial charge in [-0.15, -0.1) is 0 Å². The molecule has 2 N–H and O–H groups in total. The summed E-state index contributed by atoms with van der Waals surface area (Å²) in [4.78, 5) is 49.7. The molecule has 0 aliphatic carbocycles. The quantitative estimate of drug-likeness (QED) is 0.157. The Morgan fingerprint density at radius 3 is 1.73 bits per heavy atom. The van der Waals surface area contributed by atoms with E-state index in [1.54, 1.807) is 0 Å². The highest BCUT2D eigenvalue weighted by molar-refractivity contribution is 5.96. The molecule has 0 saturated heterocycles. The summed E-state index contributed by atoms with van der Waals surface area (Å²) < 4.78 is 2.25. The molecule has 4 heterocycles. The topological polar surface area (TPSA) is 103 Å². The third kappa shape index (κ3) is 7.16. The lowest BCUT2D eigenvalue weighted by Crippen LogP contribution is -2.44. The molecule has 0 bridgehead atoms. The Bertz CT molecular complexity index is 2230. The Kier molecular flexibility index (Phi) is 10.4. The van der Waals surface area contributed by atoms with E-state index in [1.807, 2.05) is 89.3 Å². The van der Waals surface area contributed by atoms with Crippen molar-refractivity contribution in [2.75, 3.05) is 27.0 Å². The molecule has 5 aromatic rings. The van der Waals surface area contributed by atoms with E-state index < -0.39 is 0 Å². The van der Waals surface area contributed by atoms with E-state index in [-0.39, 0.29) is 41.9 Å². The molecule has 0 saturated carbocycles. The number of para-hydroxylation sites is 2. The molecule has 3 aliphatic heterocycles. The number of hydrogen-bond acceptors (Lipinski definition) is 6. The van der Waals surface area contributed by atoms with Gasteiger partial charge in [-0.25, -0.2) is 4.98 Å². The first-order valence-electron chi connectivity index (χ1n) is 20.1. The summed E-state index contributed by atoms with van der Waals surface area (Å²) in [5, 5.41) is 7.40. The van der Waals surface area contributed by atoms with Gasteiger partial charge in [-0.1, -0.05) is 62.4 Å². The van der Waals surface area contributed by atoms with Gasteiger partial charge >= 0.3 is 0 Å². The summed E-state index contributed by atoms with van der Waals surface area (Å²) in [6, 6.07) is 33.1. The maximum Gasteiger partial charge on any atom is 0.254 e. The van der Waals surface area contributed by atoms with Gasteiger partial charge in [-0.3, -0.25) is 14.4 Å². The van der Waals surface area contributed by atoms with Gasteiger partial charge in [0.05, 0.1) is 18.6 Å². The van der Waals surface area contributed by atoms with E-state index in [0.717, 1.165) is 64.7 Å². The third-order valence-corrected chi connectivity index (χ3v) is 11.7. The van der Waals surface area contributed by atoms with Crippen LogP contribution in [0.3, 0.4) is 0 Å². The normalized spacial score (nSPS) is 20.1. The minimum atomic E-state index is 0.000414. The Morgan fingerprint density at radius 2 is 1.20 bits per heavy atom. The average molecular weight is 750 g/mol. The van der Waals surface area contributed by atoms with E-state index in [0.29, 0.717) is 38.0 Å². The van der Waals surface area contributed by atoms with Crippen molar-refractivity contribution in [2.24, 2.45) is 0 Å². The molecular weight excluding hydrogens is 699 g/mol. The van der Waals surface area contributed by atoms with Gasteiger partial charge in [0.15, 0.2) is 0 Å². The van der Waals surface area contributed by atoms with E-state index >= 15 is 0 Å². The molecule has 3 amide bonds. The van der Waals surface area contributed by atoms with Crippen LogP contribution in [0.5, 0.6) is 0 Å². The molecule has 56 heavy (non-hydrogen) atoms. The lowest BCUT2D eigenvalue weighted by molar-refractivity contribution is -0.119. The number of hydrogen-bond donors (Lipinski definition) is 2. The van der Waals surface area contributed by atoms with Gasteiger partial charge in [-0.05, 0) is 91.9 Å². The van der Waals surface area contributed by atoms with Gasteiger partial charge in [0, 0.05) is 84.6 Å². The summed E-state index contributed by atoms with van der Waals surface area (Å²) in [6.45, 7) is 9.84. The Balaban J connectivity index is 0.881. The fourth-order valence-corrected chi connectivity index (χ4v) is 8.86. The molecule has 0 unspecified atom stereocenters. The third-order valence-electron chi connectivity index (χ3n) is 11.7. The number of rotatable bonds is 9. The van der Waals surface area contributed by atoms with Crippen molar-refractivity contribution in [1.29, 1.82) is 0 Å². The number of nitrogens with zero attached hydrogens (tertiary/aromatic N) is 5. The van der Waals surface area contributed by atoms with Crippen LogP contribution in [-0.4, -0.2) is 50.8 Å². The fraction of sp³-hybridized carbons (Fsp3) is 0.348. The monoisotopic (exact) mass is 749 g/mol. The van der Waals surface area contributed by atoms with Crippen LogP contribution in [0.2, 0.25) is 0 Å². The highest BCUT2D eigenvalue weighted by Gasteiger charge is 2.34. The Morgan fingerprint density at radius 1 is 0.679 bits per heavy atom. The van der Waals surface area contributed by atoms with E-state index in [4.69, 9.17) is 4.98 Å². The Labute approximate surface area is 329 Å². The van der Waals surface area contributed by atoms with Gasteiger partial charge in [0.1, 0.15) is 5.82 Å². The average Bonchev–Trinajstić information content (AvgIpc) is 3.62. The molecule has 0 radical (unpaired) electrons. The minimum Gasteiger partial charge on any atom is -0.378 e. The summed E-state index contributed by atoms with van der Waals surface area (Å²) in [5.74, 6) is 1.20. The van der Waals surface area contributed by atoms with Crippen LogP contribution in [0, 0.1) is 0 Å². The first kappa shape index (κ1) is 37.0. The molecule has 288 valence electrons. The summed E-state index contributed by atoms with van der Waals surface area (Å²) in [6.07, 6.45) is 5.30. The van der Waals surface area contributed by atoms with Crippen LogP contribution in [-0.2, 0) is 29.1 Å². The number of fused-ring (bicyclic) bond motifs is 3. The second-order valence-corrected chi connectivity index (χ2v) is 15.4. The molecule has 0 spiro atoms. The molecule has 10 heteroatoms. The number of nitrogens with one attached hydrogen (secondary N) is 2. The van der Waals surface area contributed by atoms with Crippen LogP contribution >= 0.6 is 0 Å². The van der Waals surface area contributed by atoms with Gasteiger partial charge in [-0.2, -0.15) is 0 Å². The first-order valence-corrected chi connectivity index (χ1v) is 20.1. The second-order valence-electron chi connectivity index (χ2n) is 15.4. The number of aromatic nitrogens is 2.